The van der Waals surface area contributed by atoms with Gasteiger partial charge in [0.05, 0.1) is 11.7 Å². The molecule has 1 aromatic rings. The molecule has 0 bridgehead atoms. The Hall–Kier alpha value is -1.92. The Balaban J connectivity index is 2.54. The van der Waals surface area contributed by atoms with Crippen molar-refractivity contribution < 1.29 is 14.9 Å². The van der Waals surface area contributed by atoms with E-state index in [1.807, 2.05) is 20.8 Å². The lowest BCUT2D eigenvalue weighted by atomic mass is 9.89. The first-order valence-electron chi connectivity index (χ1n) is 6.20. The van der Waals surface area contributed by atoms with E-state index in [9.17, 15) is 10.2 Å². The molecule has 1 aliphatic rings. The molecule has 19 heavy (non-hydrogen) atoms. The molecule has 0 unspecified atom stereocenters. The van der Waals surface area contributed by atoms with Gasteiger partial charge in [0.1, 0.15) is 17.1 Å². The van der Waals surface area contributed by atoms with Crippen molar-refractivity contribution in [3.05, 3.63) is 35.4 Å². The molecule has 1 heterocycles. The summed E-state index contributed by atoms with van der Waals surface area (Å²) < 4.78 is 5.86. The average molecular weight is 258 g/mol. The van der Waals surface area contributed by atoms with Gasteiger partial charge in [-0.15, -0.1) is 0 Å². The summed E-state index contributed by atoms with van der Waals surface area (Å²) in [5, 5.41) is 19.8. The molecule has 0 fully saturated rings. The van der Waals surface area contributed by atoms with Gasteiger partial charge in [0.2, 0.25) is 0 Å². The van der Waals surface area contributed by atoms with Crippen LogP contribution in [0.5, 0.6) is 11.5 Å². The third kappa shape index (κ3) is 2.74. The van der Waals surface area contributed by atoms with Crippen LogP contribution in [-0.2, 0) is 6.42 Å². The fourth-order valence-corrected chi connectivity index (χ4v) is 2.00. The number of rotatable bonds is 0. The zero-order valence-corrected chi connectivity index (χ0v) is 11.4. The average Bonchev–Trinajstić information content (AvgIpc) is 2.28. The van der Waals surface area contributed by atoms with Gasteiger partial charge < -0.3 is 14.9 Å². The van der Waals surface area contributed by atoms with E-state index in [4.69, 9.17) is 4.74 Å². The van der Waals surface area contributed by atoms with Crippen molar-refractivity contribution in [3.63, 3.8) is 0 Å². The highest BCUT2D eigenvalue weighted by Gasteiger charge is 2.36. The van der Waals surface area contributed by atoms with Gasteiger partial charge in [-0.25, -0.2) is 0 Å². The monoisotopic (exact) mass is 258 g/mol. The highest BCUT2D eigenvalue weighted by molar-refractivity contribution is 5.57. The number of aliphatic hydroxyl groups is 1. The van der Waals surface area contributed by atoms with Crippen LogP contribution in [0.2, 0.25) is 0 Å². The number of aliphatic hydroxyl groups excluding tert-OH is 1. The predicted octanol–water partition coefficient (Wildman–Crippen LogP) is 2.39. The molecule has 1 aliphatic heterocycles. The van der Waals surface area contributed by atoms with Crippen molar-refractivity contribution in [1.29, 1.82) is 0 Å². The van der Waals surface area contributed by atoms with Gasteiger partial charge >= 0.3 is 0 Å². The number of aromatic hydroxyl groups is 1. The summed E-state index contributed by atoms with van der Waals surface area (Å²) in [5.74, 6) is 6.59. The van der Waals surface area contributed by atoms with Gasteiger partial charge in [0, 0.05) is 12.0 Å². The molecule has 0 aromatic heterocycles. The lowest BCUT2D eigenvalue weighted by Crippen LogP contribution is -2.46. The SMILES string of the molecule is C=C(C)C#Cc1cc(O)cc2c1OC(C)(C)[C@@H](O)C2. The number of ether oxygens (including phenoxy) is 1. The van der Waals surface area contributed by atoms with Gasteiger partial charge in [-0.3, -0.25) is 0 Å². The second-order valence-electron chi connectivity index (χ2n) is 5.44. The van der Waals surface area contributed by atoms with Gasteiger partial charge in [-0.1, -0.05) is 18.4 Å². The molecule has 0 radical (unpaired) electrons. The number of hydrogen-bond donors (Lipinski definition) is 2. The number of hydrogen-bond acceptors (Lipinski definition) is 3. The standard InChI is InChI=1S/C16H18O3/c1-10(2)5-6-11-7-13(17)8-12-9-14(18)16(3,4)19-15(11)12/h7-8,14,17-18H,1,9H2,2-4H3/t14-/m0/s1. The Morgan fingerprint density at radius 2 is 2.16 bits per heavy atom. The van der Waals surface area contributed by atoms with Crippen molar-refractivity contribution >= 4 is 0 Å². The Labute approximate surface area is 113 Å². The summed E-state index contributed by atoms with van der Waals surface area (Å²) in [6, 6.07) is 3.18. The predicted molar refractivity (Wildman–Crippen MR) is 74.2 cm³/mol. The topological polar surface area (TPSA) is 49.7 Å². The smallest absolute Gasteiger partial charge is 0.139 e. The van der Waals surface area contributed by atoms with Crippen molar-refractivity contribution in [2.75, 3.05) is 0 Å². The zero-order chi connectivity index (χ0) is 14.2. The maximum absolute atomic E-state index is 10.0. The summed E-state index contributed by atoms with van der Waals surface area (Å²) in [7, 11) is 0. The van der Waals surface area contributed by atoms with Crippen LogP contribution in [0.1, 0.15) is 31.9 Å². The van der Waals surface area contributed by atoms with Crippen LogP contribution in [0.4, 0.5) is 0 Å². The maximum Gasteiger partial charge on any atom is 0.139 e. The summed E-state index contributed by atoms with van der Waals surface area (Å²) in [5.41, 5.74) is 1.48. The fourth-order valence-electron chi connectivity index (χ4n) is 2.00. The first-order chi connectivity index (χ1) is 8.79. The van der Waals surface area contributed by atoms with Crippen LogP contribution in [0, 0.1) is 11.8 Å². The summed E-state index contributed by atoms with van der Waals surface area (Å²) in [6.07, 6.45) is -0.165. The van der Waals surface area contributed by atoms with Crippen LogP contribution >= 0.6 is 0 Å². The van der Waals surface area contributed by atoms with E-state index in [0.717, 1.165) is 11.1 Å². The molecule has 0 saturated carbocycles. The first-order valence-corrected chi connectivity index (χ1v) is 6.20. The summed E-state index contributed by atoms with van der Waals surface area (Å²) in [6.45, 7) is 9.22. The third-order valence-electron chi connectivity index (χ3n) is 3.14. The second-order valence-corrected chi connectivity index (χ2v) is 5.44. The van der Waals surface area contributed by atoms with Gasteiger partial charge in [-0.05, 0) is 38.5 Å². The van der Waals surface area contributed by atoms with Crippen molar-refractivity contribution in [1.82, 2.24) is 0 Å². The molecule has 1 aromatic carbocycles. The number of fused-ring (bicyclic) bond motifs is 1. The van der Waals surface area contributed by atoms with E-state index in [1.165, 1.54) is 0 Å². The molecular weight excluding hydrogens is 240 g/mol. The molecule has 0 aliphatic carbocycles. The summed E-state index contributed by atoms with van der Waals surface area (Å²) in [4.78, 5) is 0. The van der Waals surface area contributed by atoms with Gasteiger partial charge in [0.15, 0.2) is 0 Å². The van der Waals surface area contributed by atoms with Crippen LogP contribution in [-0.4, -0.2) is 21.9 Å². The molecule has 0 saturated heterocycles. The minimum atomic E-state index is -0.663. The summed E-state index contributed by atoms with van der Waals surface area (Å²) >= 11 is 0. The van der Waals surface area contributed by atoms with Crippen LogP contribution < -0.4 is 4.74 Å². The highest BCUT2D eigenvalue weighted by Crippen LogP contribution is 2.38. The Morgan fingerprint density at radius 3 is 2.79 bits per heavy atom. The lowest BCUT2D eigenvalue weighted by Gasteiger charge is -2.37. The zero-order valence-electron chi connectivity index (χ0n) is 11.4. The molecule has 2 N–H and O–H groups in total. The second kappa shape index (κ2) is 4.64. The minimum absolute atomic E-state index is 0.125. The van der Waals surface area contributed by atoms with Crippen molar-refractivity contribution in [2.24, 2.45) is 0 Å². The Kier molecular flexibility index (Phi) is 3.30. The molecule has 0 spiro atoms. The molecule has 1 atom stereocenters. The normalized spacial score (nSPS) is 19.7. The van der Waals surface area contributed by atoms with E-state index >= 15 is 0 Å². The van der Waals surface area contributed by atoms with E-state index in [1.54, 1.807) is 12.1 Å². The molecule has 3 nitrogen and oxygen atoms in total. The number of phenolic OH excluding ortho intramolecular Hbond substituents is 1. The number of allylic oxidation sites excluding steroid dienone is 1. The van der Waals surface area contributed by atoms with Crippen molar-refractivity contribution in [3.8, 4) is 23.3 Å². The lowest BCUT2D eigenvalue weighted by molar-refractivity contribution is -0.0413. The van der Waals surface area contributed by atoms with Crippen LogP contribution in [0.15, 0.2) is 24.3 Å². The molecule has 3 heteroatoms. The van der Waals surface area contributed by atoms with Gasteiger partial charge in [0.25, 0.3) is 0 Å². The number of phenols is 1. The molecular formula is C16H18O3. The quantitative estimate of drug-likeness (QED) is 0.702. The van der Waals surface area contributed by atoms with E-state index < -0.39 is 11.7 Å². The first kappa shape index (κ1) is 13.5. The Morgan fingerprint density at radius 1 is 1.47 bits per heavy atom. The van der Waals surface area contributed by atoms with Crippen LogP contribution in [0.25, 0.3) is 0 Å². The van der Waals surface area contributed by atoms with Crippen LogP contribution in [0.3, 0.4) is 0 Å². The number of benzene rings is 1. The van der Waals surface area contributed by atoms with E-state index in [0.29, 0.717) is 17.7 Å². The Bertz CT molecular complexity index is 588. The largest absolute Gasteiger partial charge is 0.508 e. The molecule has 2 rings (SSSR count). The van der Waals surface area contributed by atoms with Crippen molar-refractivity contribution in [2.45, 2.75) is 38.9 Å². The maximum atomic E-state index is 10.0. The van der Waals surface area contributed by atoms with Gasteiger partial charge in [-0.2, -0.15) is 0 Å². The molecule has 100 valence electrons. The minimum Gasteiger partial charge on any atom is -0.508 e. The van der Waals surface area contributed by atoms with E-state index in [-0.39, 0.29) is 5.75 Å². The highest BCUT2D eigenvalue weighted by atomic mass is 16.5. The third-order valence-corrected chi connectivity index (χ3v) is 3.14. The fraction of sp³-hybridized carbons (Fsp3) is 0.375. The van der Waals surface area contributed by atoms with E-state index in [2.05, 4.69) is 18.4 Å². The molecule has 0 amide bonds.